The molecule has 0 fully saturated rings. The van der Waals surface area contributed by atoms with Gasteiger partial charge in [0.05, 0.1) is 12.8 Å². The minimum absolute atomic E-state index is 0.300. The van der Waals surface area contributed by atoms with Crippen LogP contribution in [0.2, 0.25) is 0 Å². The maximum atomic E-state index is 11.4. The number of aryl methyl sites for hydroxylation is 2. The molecule has 1 aromatic rings. The standard InChI is InChI=1S/C13H17NO3/c1-8-6-9(2)12(13(17-5)10(8)3)14(4)11(16)7-15/h6-7H,1-5H3. The molecule has 17 heavy (non-hydrogen) atoms. The van der Waals surface area contributed by atoms with Crippen molar-refractivity contribution in [1.29, 1.82) is 0 Å². The number of anilines is 1. The van der Waals surface area contributed by atoms with E-state index in [2.05, 4.69) is 0 Å². The van der Waals surface area contributed by atoms with Gasteiger partial charge in [-0.2, -0.15) is 0 Å². The molecular weight excluding hydrogens is 218 g/mol. The summed E-state index contributed by atoms with van der Waals surface area (Å²) in [4.78, 5) is 23.3. The van der Waals surface area contributed by atoms with Crippen LogP contribution in [0.5, 0.6) is 5.75 Å². The number of rotatable bonds is 3. The number of benzene rings is 1. The van der Waals surface area contributed by atoms with Crippen LogP contribution in [0.3, 0.4) is 0 Å². The Balaban J connectivity index is 3.46. The molecule has 1 rings (SSSR count). The quantitative estimate of drug-likeness (QED) is 0.592. The number of likely N-dealkylation sites (N-methyl/N-ethyl adjacent to an activating group) is 1. The molecule has 0 saturated heterocycles. The largest absolute Gasteiger partial charge is 0.494 e. The van der Waals surface area contributed by atoms with Crippen LogP contribution in [0.1, 0.15) is 16.7 Å². The zero-order chi connectivity index (χ0) is 13.2. The lowest BCUT2D eigenvalue weighted by Gasteiger charge is -2.22. The van der Waals surface area contributed by atoms with Crippen molar-refractivity contribution in [2.45, 2.75) is 20.8 Å². The molecule has 0 aliphatic heterocycles. The van der Waals surface area contributed by atoms with Gasteiger partial charge in [0.2, 0.25) is 6.29 Å². The van der Waals surface area contributed by atoms with Gasteiger partial charge in [-0.15, -0.1) is 0 Å². The predicted octanol–water partition coefficient (Wildman–Crippen LogP) is 1.78. The third-order valence-electron chi connectivity index (χ3n) is 2.92. The highest BCUT2D eigenvalue weighted by molar-refractivity contribution is 6.30. The van der Waals surface area contributed by atoms with Gasteiger partial charge in [-0.1, -0.05) is 6.07 Å². The highest BCUT2D eigenvalue weighted by Crippen LogP contribution is 2.36. The van der Waals surface area contributed by atoms with E-state index in [1.807, 2.05) is 26.8 Å². The van der Waals surface area contributed by atoms with Crippen LogP contribution < -0.4 is 9.64 Å². The maximum absolute atomic E-state index is 11.4. The van der Waals surface area contributed by atoms with Gasteiger partial charge in [-0.25, -0.2) is 0 Å². The molecule has 0 unspecified atom stereocenters. The molecule has 0 saturated carbocycles. The average molecular weight is 235 g/mol. The molecule has 1 aromatic carbocycles. The minimum Gasteiger partial charge on any atom is -0.494 e. The van der Waals surface area contributed by atoms with Gasteiger partial charge in [0, 0.05) is 7.05 Å². The number of hydrogen-bond acceptors (Lipinski definition) is 3. The van der Waals surface area contributed by atoms with Crippen molar-refractivity contribution in [3.8, 4) is 5.75 Å². The molecule has 0 N–H and O–H groups in total. The second-order valence-corrected chi connectivity index (χ2v) is 4.03. The second-order valence-electron chi connectivity index (χ2n) is 4.03. The molecular formula is C13H17NO3. The minimum atomic E-state index is -0.588. The number of methoxy groups -OCH3 is 1. The molecule has 0 heterocycles. The zero-order valence-electron chi connectivity index (χ0n) is 10.8. The molecule has 4 heteroatoms. The van der Waals surface area contributed by atoms with Gasteiger partial charge in [-0.05, 0) is 37.5 Å². The van der Waals surface area contributed by atoms with Gasteiger partial charge in [0.25, 0.3) is 5.91 Å². The number of hydrogen-bond donors (Lipinski definition) is 0. The summed E-state index contributed by atoms with van der Waals surface area (Å²) in [5, 5.41) is 0. The Morgan fingerprint density at radius 2 is 1.88 bits per heavy atom. The summed E-state index contributed by atoms with van der Waals surface area (Å²) in [5.41, 5.74) is 3.61. The average Bonchev–Trinajstić information content (AvgIpc) is 2.31. The summed E-state index contributed by atoms with van der Waals surface area (Å²) in [5.74, 6) is 0.0508. The fourth-order valence-electron chi connectivity index (χ4n) is 1.89. The Hall–Kier alpha value is -1.84. The molecule has 0 bridgehead atoms. The van der Waals surface area contributed by atoms with E-state index in [-0.39, 0.29) is 0 Å². The molecule has 92 valence electrons. The van der Waals surface area contributed by atoms with Crippen molar-refractivity contribution in [3.63, 3.8) is 0 Å². The van der Waals surface area contributed by atoms with E-state index in [0.717, 1.165) is 16.7 Å². The van der Waals surface area contributed by atoms with Crippen molar-refractivity contribution < 1.29 is 14.3 Å². The van der Waals surface area contributed by atoms with Crippen LogP contribution in [0, 0.1) is 20.8 Å². The third kappa shape index (κ3) is 2.30. The van der Waals surface area contributed by atoms with Crippen LogP contribution >= 0.6 is 0 Å². The number of carbonyl (C=O) groups excluding carboxylic acids is 2. The van der Waals surface area contributed by atoms with Gasteiger partial charge in [0.15, 0.2) is 0 Å². The summed E-state index contributed by atoms with van der Waals surface area (Å²) in [7, 11) is 3.13. The van der Waals surface area contributed by atoms with E-state index in [0.29, 0.717) is 17.7 Å². The van der Waals surface area contributed by atoms with Crippen LogP contribution in [-0.4, -0.2) is 26.4 Å². The molecule has 0 spiro atoms. The van der Waals surface area contributed by atoms with Crippen LogP contribution in [0.4, 0.5) is 5.69 Å². The first-order valence-corrected chi connectivity index (χ1v) is 5.31. The Bertz CT molecular complexity index is 466. The summed E-state index contributed by atoms with van der Waals surface area (Å²) in [6.45, 7) is 5.80. The van der Waals surface area contributed by atoms with Crippen LogP contribution in [-0.2, 0) is 9.59 Å². The van der Waals surface area contributed by atoms with Crippen LogP contribution in [0.25, 0.3) is 0 Å². The topological polar surface area (TPSA) is 46.6 Å². The van der Waals surface area contributed by atoms with Crippen molar-refractivity contribution in [3.05, 3.63) is 22.8 Å². The van der Waals surface area contributed by atoms with Crippen molar-refractivity contribution in [2.24, 2.45) is 0 Å². The molecule has 0 aliphatic carbocycles. The van der Waals surface area contributed by atoms with E-state index in [9.17, 15) is 9.59 Å². The Labute approximate surface area is 101 Å². The Kier molecular flexibility index (Phi) is 3.89. The van der Waals surface area contributed by atoms with Crippen LogP contribution in [0.15, 0.2) is 6.07 Å². The summed E-state index contributed by atoms with van der Waals surface area (Å²) in [6, 6.07) is 1.97. The first-order valence-electron chi connectivity index (χ1n) is 5.31. The summed E-state index contributed by atoms with van der Waals surface area (Å²) >= 11 is 0. The monoisotopic (exact) mass is 235 g/mol. The van der Waals surface area contributed by atoms with E-state index in [4.69, 9.17) is 4.74 Å². The predicted molar refractivity (Wildman–Crippen MR) is 66.7 cm³/mol. The highest BCUT2D eigenvalue weighted by Gasteiger charge is 2.19. The number of ether oxygens (including phenoxy) is 1. The lowest BCUT2D eigenvalue weighted by molar-refractivity contribution is -0.129. The highest BCUT2D eigenvalue weighted by atomic mass is 16.5. The molecule has 4 nitrogen and oxygen atoms in total. The van der Waals surface area contributed by atoms with Gasteiger partial charge < -0.3 is 9.64 Å². The van der Waals surface area contributed by atoms with E-state index < -0.39 is 5.91 Å². The normalized spacial score (nSPS) is 9.94. The number of amides is 1. The van der Waals surface area contributed by atoms with Gasteiger partial charge in [0.1, 0.15) is 5.75 Å². The lowest BCUT2D eigenvalue weighted by atomic mass is 10.0. The molecule has 0 aliphatic rings. The first-order chi connectivity index (χ1) is 7.93. The fraction of sp³-hybridized carbons (Fsp3) is 0.385. The van der Waals surface area contributed by atoms with Crippen molar-refractivity contribution in [2.75, 3.05) is 19.1 Å². The molecule has 0 atom stereocenters. The molecule has 1 amide bonds. The Morgan fingerprint density at radius 3 is 2.35 bits per heavy atom. The first kappa shape index (κ1) is 13.2. The van der Waals surface area contributed by atoms with Gasteiger partial charge in [-0.3, -0.25) is 9.59 Å². The van der Waals surface area contributed by atoms with Crippen molar-refractivity contribution >= 4 is 17.9 Å². The Morgan fingerprint density at radius 1 is 1.29 bits per heavy atom. The summed E-state index contributed by atoms with van der Waals surface area (Å²) in [6.07, 6.45) is 0.300. The zero-order valence-corrected chi connectivity index (χ0v) is 10.8. The molecule has 0 aromatic heterocycles. The maximum Gasteiger partial charge on any atom is 0.290 e. The number of aldehydes is 1. The second kappa shape index (κ2) is 4.99. The third-order valence-corrected chi connectivity index (χ3v) is 2.92. The number of nitrogens with zero attached hydrogens (tertiary/aromatic N) is 1. The smallest absolute Gasteiger partial charge is 0.290 e. The van der Waals surface area contributed by atoms with Gasteiger partial charge >= 0.3 is 0 Å². The van der Waals surface area contributed by atoms with E-state index >= 15 is 0 Å². The van der Waals surface area contributed by atoms with E-state index in [1.54, 1.807) is 14.2 Å². The van der Waals surface area contributed by atoms with Crippen molar-refractivity contribution in [1.82, 2.24) is 0 Å². The number of carbonyl (C=O) groups is 2. The van der Waals surface area contributed by atoms with E-state index in [1.165, 1.54) is 4.90 Å². The fourth-order valence-corrected chi connectivity index (χ4v) is 1.89. The summed E-state index contributed by atoms with van der Waals surface area (Å²) < 4.78 is 5.34. The SMILES string of the molecule is COc1c(C)c(C)cc(C)c1N(C)C(=O)C=O. The lowest BCUT2D eigenvalue weighted by Crippen LogP contribution is -2.28. The molecule has 0 radical (unpaired) electrons.